The van der Waals surface area contributed by atoms with Crippen molar-refractivity contribution in [2.24, 2.45) is 0 Å². The van der Waals surface area contributed by atoms with Gasteiger partial charge < -0.3 is 4.90 Å². The molecule has 0 unspecified atom stereocenters. The minimum absolute atomic E-state index is 0.0485. The predicted molar refractivity (Wildman–Crippen MR) is 109 cm³/mol. The van der Waals surface area contributed by atoms with Gasteiger partial charge >= 0.3 is 0 Å². The van der Waals surface area contributed by atoms with Crippen molar-refractivity contribution in [3.05, 3.63) is 39.4 Å². The Kier molecular flexibility index (Phi) is 5.37. The molecule has 0 N–H and O–H groups in total. The first-order valence-electron chi connectivity index (χ1n) is 9.06. The second-order valence-electron chi connectivity index (χ2n) is 7.05. The smallest absolute Gasteiger partial charge is 0.254 e. The fourth-order valence-corrected chi connectivity index (χ4v) is 3.71. The Morgan fingerprint density at radius 3 is 2.67 bits per heavy atom. The quantitative estimate of drug-likeness (QED) is 0.613. The highest BCUT2D eigenvalue weighted by molar-refractivity contribution is 9.10. The Balaban J connectivity index is 2.04. The molecule has 3 aromatic heterocycles. The molecule has 27 heavy (non-hydrogen) atoms. The molecule has 7 nitrogen and oxygen atoms in total. The number of amides is 1. The van der Waals surface area contributed by atoms with E-state index in [-0.39, 0.29) is 11.9 Å². The maximum atomic E-state index is 13.3. The number of halogens is 1. The topological polar surface area (TPSA) is 68.8 Å². The van der Waals surface area contributed by atoms with Gasteiger partial charge in [-0.1, -0.05) is 0 Å². The molecule has 0 aromatic carbocycles. The molecule has 0 aliphatic rings. The van der Waals surface area contributed by atoms with Crippen LogP contribution < -0.4 is 0 Å². The Labute approximate surface area is 167 Å². The lowest BCUT2D eigenvalue weighted by atomic mass is 10.1. The number of nitrogens with zero attached hydrogens (tertiary/aromatic N) is 6. The first-order valence-corrected chi connectivity index (χ1v) is 9.86. The first-order chi connectivity index (χ1) is 12.7. The van der Waals surface area contributed by atoms with Crippen LogP contribution in [0, 0.1) is 13.8 Å². The number of pyridine rings is 1. The molecular weight excluding hydrogens is 408 g/mol. The molecule has 0 radical (unpaired) electrons. The highest BCUT2D eigenvalue weighted by atomic mass is 79.9. The van der Waals surface area contributed by atoms with E-state index in [1.807, 2.05) is 43.2 Å². The van der Waals surface area contributed by atoms with Crippen molar-refractivity contribution in [1.29, 1.82) is 0 Å². The zero-order chi connectivity index (χ0) is 19.9. The van der Waals surface area contributed by atoms with Crippen LogP contribution in [-0.2, 0) is 13.1 Å². The lowest BCUT2D eigenvalue weighted by Crippen LogP contribution is -2.28. The zero-order valence-corrected chi connectivity index (χ0v) is 18.2. The third-order valence-corrected chi connectivity index (χ3v) is 5.28. The highest BCUT2D eigenvalue weighted by Crippen LogP contribution is 2.26. The largest absolute Gasteiger partial charge is 0.336 e. The molecule has 144 valence electrons. The number of carbonyl (C=O) groups excluding carboxylic acids is 1. The highest BCUT2D eigenvalue weighted by Gasteiger charge is 2.23. The van der Waals surface area contributed by atoms with Gasteiger partial charge in [-0.2, -0.15) is 10.2 Å². The second-order valence-corrected chi connectivity index (χ2v) is 7.90. The van der Waals surface area contributed by atoms with Crippen LogP contribution >= 0.6 is 15.9 Å². The number of fused-ring (bicyclic) bond motifs is 1. The summed E-state index contributed by atoms with van der Waals surface area (Å²) in [6, 6.07) is 2.03. The van der Waals surface area contributed by atoms with Crippen molar-refractivity contribution >= 4 is 32.9 Å². The van der Waals surface area contributed by atoms with Gasteiger partial charge in [0.15, 0.2) is 5.65 Å². The van der Waals surface area contributed by atoms with Gasteiger partial charge in [0, 0.05) is 25.3 Å². The molecule has 0 bridgehead atoms. The van der Waals surface area contributed by atoms with E-state index in [1.165, 1.54) is 0 Å². The molecule has 3 aromatic rings. The van der Waals surface area contributed by atoms with Crippen LogP contribution in [0.2, 0.25) is 0 Å². The number of carbonyl (C=O) groups is 1. The van der Waals surface area contributed by atoms with Crippen LogP contribution in [-0.4, -0.2) is 42.4 Å². The summed E-state index contributed by atoms with van der Waals surface area (Å²) in [6.07, 6.45) is 1.77. The maximum Gasteiger partial charge on any atom is 0.254 e. The summed E-state index contributed by atoms with van der Waals surface area (Å²) in [7, 11) is 1.81. The Morgan fingerprint density at radius 1 is 1.33 bits per heavy atom. The number of aromatic nitrogens is 5. The molecular formula is C19H25BrN6O. The molecule has 0 fully saturated rings. The van der Waals surface area contributed by atoms with Crippen LogP contribution in [0.5, 0.6) is 0 Å². The summed E-state index contributed by atoms with van der Waals surface area (Å²) in [5.41, 5.74) is 4.01. The molecule has 0 saturated carbocycles. The summed E-state index contributed by atoms with van der Waals surface area (Å²) >= 11 is 3.53. The normalized spacial score (nSPS) is 11.6. The lowest BCUT2D eigenvalue weighted by Gasteiger charge is -2.19. The van der Waals surface area contributed by atoms with E-state index < -0.39 is 0 Å². The number of aryl methyl sites for hydroxylation is 3. The molecule has 3 rings (SSSR count). The third kappa shape index (κ3) is 3.50. The van der Waals surface area contributed by atoms with E-state index in [0.717, 1.165) is 39.1 Å². The van der Waals surface area contributed by atoms with E-state index in [1.54, 1.807) is 11.1 Å². The van der Waals surface area contributed by atoms with Gasteiger partial charge in [-0.15, -0.1) is 0 Å². The number of rotatable bonds is 5. The van der Waals surface area contributed by atoms with Crippen molar-refractivity contribution in [3.8, 4) is 0 Å². The molecule has 8 heteroatoms. The summed E-state index contributed by atoms with van der Waals surface area (Å²) in [4.78, 5) is 19.7. The van der Waals surface area contributed by atoms with Crippen LogP contribution in [0.1, 0.15) is 54.3 Å². The monoisotopic (exact) mass is 432 g/mol. The van der Waals surface area contributed by atoms with Crippen LogP contribution in [0.3, 0.4) is 0 Å². The molecule has 0 spiro atoms. The van der Waals surface area contributed by atoms with Crippen molar-refractivity contribution in [2.75, 3.05) is 7.05 Å². The van der Waals surface area contributed by atoms with E-state index >= 15 is 0 Å². The SMILES string of the molecule is CCn1ncc(Br)c1CN(C)C(=O)c1cc(C)nc2c1c(C)nn2C(C)C. The van der Waals surface area contributed by atoms with E-state index in [2.05, 4.69) is 45.0 Å². The molecule has 0 aliphatic heterocycles. The number of hydrogen-bond acceptors (Lipinski definition) is 4. The van der Waals surface area contributed by atoms with Crippen molar-refractivity contribution < 1.29 is 4.79 Å². The van der Waals surface area contributed by atoms with Crippen LogP contribution in [0.25, 0.3) is 11.0 Å². The minimum Gasteiger partial charge on any atom is -0.336 e. The van der Waals surface area contributed by atoms with E-state index in [4.69, 9.17) is 0 Å². The Morgan fingerprint density at radius 2 is 2.04 bits per heavy atom. The predicted octanol–water partition coefficient (Wildman–Crippen LogP) is 3.88. The van der Waals surface area contributed by atoms with Crippen molar-refractivity contribution in [1.82, 2.24) is 29.4 Å². The van der Waals surface area contributed by atoms with Crippen molar-refractivity contribution in [2.45, 2.75) is 53.8 Å². The van der Waals surface area contributed by atoms with Gasteiger partial charge in [0.05, 0.1) is 39.6 Å². The Bertz CT molecular complexity index is 1000. The minimum atomic E-state index is -0.0485. The molecule has 0 aliphatic carbocycles. The van der Waals surface area contributed by atoms with Gasteiger partial charge in [-0.25, -0.2) is 9.67 Å². The Hall–Kier alpha value is -2.22. The summed E-state index contributed by atoms with van der Waals surface area (Å²) < 4.78 is 4.68. The van der Waals surface area contributed by atoms with E-state index in [0.29, 0.717) is 12.1 Å². The molecule has 1 amide bonds. The molecule has 0 atom stereocenters. The zero-order valence-electron chi connectivity index (χ0n) is 16.6. The fourth-order valence-electron chi connectivity index (χ4n) is 3.29. The lowest BCUT2D eigenvalue weighted by molar-refractivity contribution is 0.0783. The molecule has 3 heterocycles. The number of hydrogen-bond donors (Lipinski definition) is 0. The summed E-state index contributed by atoms with van der Waals surface area (Å²) in [5.74, 6) is -0.0485. The van der Waals surface area contributed by atoms with Crippen LogP contribution in [0.4, 0.5) is 0 Å². The average molecular weight is 433 g/mol. The van der Waals surface area contributed by atoms with Crippen LogP contribution in [0.15, 0.2) is 16.7 Å². The summed E-state index contributed by atoms with van der Waals surface area (Å²) in [6.45, 7) is 11.2. The fraction of sp³-hybridized carbons (Fsp3) is 0.474. The van der Waals surface area contributed by atoms with E-state index in [9.17, 15) is 4.79 Å². The standard InChI is InChI=1S/C19H25BrN6O/c1-7-25-16(15(20)9-21-25)10-24(6)19(27)14-8-12(4)22-18-17(14)13(5)23-26(18)11(2)3/h8-9,11H,7,10H2,1-6H3. The van der Waals surface area contributed by atoms with Gasteiger partial charge in [-0.3, -0.25) is 9.48 Å². The maximum absolute atomic E-state index is 13.3. The third-order valence-electron chi connectivity index (χ3n) is 4.62. The molecule has 0 saturated heterocycles. The average Bonchev–Trinajstić information content (AvgIpc) is 3.14. The van der Waals surface area contributed by atoms with Gasteiger partial charge in [0.1, 0.15) is 0 Å². The van der Waals surface area contributed by atoms with Gasteiger partial charge in [-0.05, 0) is 56.6 Å². The van der Waals surface area contributed by atoms with Gasteiger partial charge in [0.25, 0.3) is 5.91 Å². The first kappa shape index (κ1) is 19.5. The van der Waals surface area contributed by atoms with Crippen molar-refractivity contribution in [3.63, 3.8) is 0 Å². The second kappa shape index (κ2) is 7.42. The summed E-state index contributed by atoms with van der Waals surface area (Å²) in [5, 5.41) is 9.77. The van der Waals surface area contributed by atoms with Gasteiger partial charge in [0.2, 0.25) is 0 Å².